The number of phenolic OH excluding ortho intramolecular Hbond substituents is 1. The number of benzene rings is 2. The maximum absolute atomic E-state index is 13.4. The number of carbonyl (C=O) groups excluding carboxylic acids is 1. The fraction of sp³-hybridized carbons (Fsp3) is 0. The molecule has 2 aromatic rings. The Morgan fingerprint density at radius 2 is 1.86 bits per heavy atom. The smallest absolute Gasteiger partial charge is 0.262 e. The molecule has 1 N–H and O–H groups in total. The molecule has 0 spiro atoms. The third-order valence-electron chi connectivity index (χ3n) is 3.07. The number of rotatable bonds is 1. The van der Waals surface area contributed by atoms with Gasteiger partial charge < -0.3 is 9.84 Å². The first kappa shape index (κ1) is 15.1. The summed E-state index contributed by atoms with van der Waals surface area (Å²) in [5.74, 6) is -0.467. The lowest BCUT2D eigenvalue weighted by Crippen LogP contribution is -2.27. The van der Waals surface area contributed by atoms with E-state index in [1.165, 1.54) is 47.7 Å². The number of anilines is 1. The molecule has 0 bridgehead atoms. The standard InChI is InChI=1S/C15H8Br2FNO3/c16-10-5-8(6-11(17)14(10)20)15(21)19-3-4-22-13-2-1-9(18)7-12(13)19/h1-7,20H. The minimum Gasteiger partial charge on any atom is -0.506 e. The number of fused-ring (bicyclic) bond motifs is 1. The van der Waals surface area contributed by atoms with Crippen molar-refractivity contribution in [1.82, 2.24) is 0 Å². The molecular weight excluding hydrogens is 421 g/mol. The molecule has 2 aromatic carbocycles. The van der Waals surface area contributed by atoms with Gasteiger partial charge in [0.1, 0.15) is 17.8 Å². The molecule has 1 aliphatic heterocycles. The fourth-order valence-electron chi connectivity index (χ4n) is 2.03. The molecule has 1 amide bonds. The van der Waals surface area contributed by atoms with E-state index >= 15 is 0 Å². The summed E-state index contributed by atoms with van der Waals surface area (Å²) in [7, 11) is 0. The number of hydrogen-bond acceptors (Lipinski definition) is 3. The maximum Gasteiger partial charge on any atom is 0.262 e. The molecule has 0 atom stereocenters. The summed E-state index contributed by atoms with van der Waals surface area (Å²) in [5.41, 5.74) is 0.631. The summed E-state index contributed by atoms with van der Waals surface area (Å²) >= 11 is 6.36. The molecule has 1 heterocycles. The predicted octanol–water partition coefficient (Wildman–Crippen LogP) is 4.57. The SMILES string of the molecule is O=C(c1cc(Br)c(O)c(Br)c1)N1C=COc2ccc(F)cc21. The van der Waals surface area contributed by atoms with Crippen LogP contribution in [0.4, 0.5) is 10.1 Å². The summed E-state index contributed by atoms with van der Waals surface area (Å²) in [6.07, 6.45) is 2.77. The predicted molar refractivity (Wildman–Crippen MR) is 86.5 cm³/mol. The molecule has 4 nitrogen and oxygen atoms in total. The Morgan fingerprint density at radius 3 is 2.55 bits per heavy atom. The molecule has 0 fully saturated rings. The molecule has 112 valence electrons. The largest absolute Gasteiger partial charge is 0.506 e. The van der Waals surface area contributed by atoms with Gasteiger partial charge >= 0.3 is 0 Å². The Balaban J connectivity index is 2.05. The first-order valence-electron chi connectivity index (χ1n) is 6.12. The molecule has 3 rings (SSSR count). The van der Waals surface area contributed by atoms with E-state index in [1.54, 1.807) is 0 Å². The van der Waals surface area contributed by atoms with Crippen molar-refractivity contribution >= 4 is 43.5 Å². The van der Waals surface area contributed by atoms with Gasteiger partial charge in [0.2, 0.25) is 0 Å². The first-order chi connectivity index (χ1) is 10.5. The van der Waals surface area contributed by atoms with Gasteiger partial charge in [-0.2, -0.15) is 0 Å². The molecule has 0 aromatic heterocycles. The average molecular weight is 429 g/mol. The Morgan fingerprint density at radius 1 is 1.18 bits per heavy atom. The van der Waals surface area contributed by atoms with Crippen LogP contribution in [0.1, 0.15) is 10.4 Å². The molecule has 0 unspecified atom stereocenters. The topological polar surface area (TPSA) is 49.8 Å². The summed E-state index contributed by atoms with van der Waals surface area (Å²) < 4.78 is 19.5. The number of ether oxygens (including phenoxy) is 1. The van der Waals surface area contributed by atoms with Gasteiger partial charge in [-0.1, -0.05) is 0 Å². The molecule has 1 aliphatic rings. The van der Waals surface area contributed by atoms with Crippen LogP contribution in [-0.4, -0.2) is 11.0 Å². The van der Waals surface area contributed by atoms with E-state index in [4.69, 9.17) is 4.74 Å². The highest BCUT2D eigenvalue weighted by Gasteiger charge is 2.23. The Bertz CT molecular complexity index is 784. The highest BCUT2D eigenvalue weighted by molar-refractivity contribution is 9.11. The molecular formula is C15H8Br2FNO3. The number of phenols is 1. The van der Waals surface area contributed by atoms with Crippen molar-refractivity contribution in [3.63, 3.8) is 0 Å². The van der Waals surface area contributed by atoms with Crippen molar-refractivity contribution in [3.05, 3.63) is 63.1 Å². The van der Waals surface area contributed by atoms with Gasteiger partial charge in [-0.3, -0.25) is 9.69 Å². The van der Waals surface area contributed by atoms with E-state index in [1.807, 2.05) is 0 Å². The van der Waals surface area contributed by atoms with E-state index in [2.05, 4.69) is 31.9 Å². The third-order valence-corrected chi connectivity index (χ3v) is 4.28. The molecule has 0 radical (unpaired) electrons. The fourth-order valence-corrected chi connectivity index (χ4v) is 3.21. The quantitative estimate of drug-likeness (QED) is 0.723. The van der Waals surface area contributed by atoms with Gasteiger partial charge in [-0.15, -0.1) is 0 Å². The maximum atomic E-state index is 13.4. The normalized spacial score (nSPS) is 12.8. The zero-order valence-electron chi connectivity index (χ0n) is 10.9. The number of halogens is 3. The van der Waals surface area contributed by atoms with E-state index in [9.17, 15) is 14.3 Å². The highest BCUT2D eigenvalue weighted by atomic mass is 79.9. The summed E-state index contributed by atoms with van der Waals surface area (Å²) in [5, 5.41) is 9.71. The Hall–Kier alpha value is -1.86. The van der Waals surface area contributed by atoms with E-state index in [-0.39, 0.29) is 11.7 Å². The number of nitrogens with zero attached hydrogens (tertiary/aromatic N) is 1. The van der Waals surface area contributed by atoms with Crippen LogP contribution in [0, 0.1) is 5.82 Å². The first-order valence-corrected chi connectivity index (χ1v) is 7.70. The molecule has 0 saturated carbocycles. The second kappa shape index (κ2) is 5.73. The van der Waals surface area contributed by atoms with Crippen LogP contribution in [0.15, 0.2) is 51.7 Å². The van der Waals surface area contributed by atoms with Gasteiger partial charge in [0.05, 0.1) is 14.6 Å². The molecule has 7 heteroatoms. The average Bonchev–Trinajstić information content (AvgIpc) is 2.50. The Labute approximate surface area is 142 Å². The van der Waals surface area contributed by atoms with Gasteiger partial charge in [0.25, 0.3) is 5.91 Å². The Kier molecular flexibility index (Phi) is 3.92. The van der Waals surface area contributed by atoms with Crippen molar-refractivity contribution in [3.8, 4) is 11.5 Å². The lowest BCUT2D eigenvalue weighted by atomic mass is 10.1. The minimum absolute atomic E-state index is 0.000476. The van der Waals surface area contributed by atoms with Crippen LogP contribution in [-0.2, 0) is 0 Å². The second-order valence-electron chi connectivity index (χ2n) is 4.48. The van der Waals surface area contributed by atoms with Crippen molar-refractivity contribution in [2.24, 2.45) is 0 Å². The van der Waals surface area contributed by atoms with Crippen LogP contribution in [0.3, 0.4) is 0 Å². The minimum atomic E-state index is -0.469. The van der Waals surface area contributed by atoms with E-state index < -0.39 is 5.82 Å². The van der Waals surface area contributed by atoms with Crippen LogP contribution in [0.25, 0.3) is 0 Å². The van der Waals surface area contributed by atoms with Crippen LogP contribution in [0.2, 0.25) is 0 Å². The van der Waals surface area contributed by atoms with Crippen molar-refractivity contribution in [2.75, 3.05) is 4.90 Å². The number of aromatic hydroxyl groups is 1. The van der Waals surface area contributed by atoms with Gasteiger partial charge in [0, 0.05) is 17.8 Å². The van der Waals surface area contributed by atoms with Crippen molar-refractivity contribution in [1.29, 1.82) is 0 Å². The van der Waals surface area contributed by atoms with Gasteiger partial charge in [-0.05, 0) is 56.1 Å². The van der Waals surface area contributed by atoms with Gasteiger partial charge in [-0.25, -0.2) is 4.39 Å². The van der Waals surface area contributed by atoms with Gasteiger partial charge in [0.15, 0.2) is 5.75 Å². The number of hydrogen-bond donors (Lipinski definition) is 1. The second-order valence-corrected chi connectivity index (χ2v) is 6.19. The van der Waals surface area contributed by atoms with E-state index in [0.29, 0.717) is 25.9 Å². The highest BCUT2D eigenvalue weighted by Crippen LogP contribution is 2.36. The summed E-state index contributed by atoms with van der Waals surface area (Å²) in [6.45, 7) is 0. The lowest BCUT2D eigenvalue weighted by Gasteiger charge is -2.24. The zero-order chi connectivity index (χ0) is 15.9. The summed E-state index contributed by atoms with van der Waals surface area (Å²) in [4.78, 5) is 13.9. The van der Waals surface area contributed by atoms with Crippen LogP contribution in [0.5, 0.6) is 11.5 Å². The molecule has 0 aliphatic carbocycles. The van der Waals surface area contributed by atoms with Crippen LogP contribution < -0.4 is 9.64 Å². The molecule has 22 heavy (non-hydrogen) atoms. The van der Waals surface area contributed by atoms with Crippen molar-refractivity contribution in [2.45, 2.75) is 0 Å². The van der Waals surface area contributed by atoms with Crippen LogP contribution >= 0.6 is 31.9 Å². The summed E-state index contributed by atoms with van der Waals surface area (Å²) in [6, 6.07) is 6.92. The number of amides is 1. The third kappa shape index (κ3) is 2.62. The molecule has 0 saturated heterocycles. The number of carbonyl (C=O) groups is 1. The lowest BCUT2D eigenvalue weighted by molar-refractivity contribution is 0.0995. The van der Waals surface area contributed by atoms with E-state index in [0.717, 1.165) is 0 Å². The zero-order valence-corrected chi connectivity index (χ0v) is 14.1. The van der Waals surface area contributed by atoms with Crippen molar-refractivity contribution < 1.29 is 19.0 Å². The monoisotopic (exact) mass is 427 g/mol.